The van der Waals surface area contributed by atoms with Gasteiger partial charge in [-0.3, -0.25) is 14.9 Å². The molecule has 2 amide bonds. The van der Waals surface area contributed by atoms with Crippen molar-refractivity contribution in [1.29, 1.82) is 0 Å². The van der Waals surface area contributed by atoms with Crippen LogP contribution in [0, 0.1) is 5.92 Å². The number of anilines is 2. The van der Waals surface area contributed by atoms with Gasteiger partial charge in [0.25, 0.3) is 5.91 Å². The minimum atomic E-state index is -0.252. The van der Waals surface area contributed by atoms with E-state index < -0.39 is 0 Å². The molecule has 2 aromatic carbocycles. The van der Waals surface area contributed by atoms with E-state index in [2.05, 4.69) is 15.6 Å². The maximum atomic E-state index is 12.4. The van der Waals surface area contributed by atoms with Crippen molar-refractivity contribution in [2.75, 3.05) is 17.7 Å². The first-order chi connectivity index (χ1) is 12.5. The van der Waals surface area contributed by atoms with Gasteiger partial charge in [-0.05, 0) is 42.5 Å². The summed E-state index contributed by atoms with van der Waals surface area (Å²) in [5.74, 6) is 0.332. The number of thiazole rings is 1. The monoisotopic (exact) mass is 369 g/mol. The molecule has 1 heterocycles. The number of fused-ring (bicyclic) bond motifs is 1. The molecule has 1 aromatic heterocycles. The van der Waals surface area contributed by atoms with Crippen molar-refractivity contribution in [2.45, 2.75) is 13.8 Å². The Morgan fingerprint density at radius 2 is 1.81 bits per heavy atom. The van der Waals surface area contributed by atoms with Crippen LogP contribution in [0.1, 0.15) is 24.2 Å². The highest BCUT2D eigenvalue weighted by molar-refractivity contribution is 7.22. The molecular weight excluding hydrogens is 350 g/mol. The van der Waals surface area contributed by atoms with Gasteiger partial charge in [-0.1, -0.05) is 25.2 Å². The van der Waals surface area contributed by atoms with E-state index in [1.807, 2.05) is 32.0 Å². The van der Waals surface area contributed by atoms with E-state index in [1.54, 1.807) is 31.4 Å². The van der Waals surface area contributed by atoms with Crippen molar-refractivity contribution in [3.05, 3.63) is 48.0 Å². The van der Waals surface area contributed by atoms with Crippen LogP contribution >= 0.6 is 11.3 Å². The summed E-state index contributed by atoms with van der Waals surface area (Å²) < 4.78 is 6.13. The number of aromatic nitrogens is 1. The number of carbonyl (C=O) groups is 2. The van der Waals surface area contributed by atoms with Crippen LogP contribution in [-0.2, 0) is 4.79 Å². The predicted octanol–water partition coefficient (Wildman–Crippen LogP) is 4.15. The molecule has 0 spiro atoms. The maximum absolute atomic E-state index is 12.4. The number of ether oxygens (including phenoxy) is 1. The molecule has 0 bridgehead atoms. The van der Waals surface area contributed by atoms with E-state index in [-0.39, 0.29) is 17.7 Å². The highest BCUT2D eigenvalue weighted by Gasteiger charge is 2.12. The molecule has 7 heteroatoms. The largest absolute Gasteiger partial charge is 0.497 e. The summed E-state index contributed by atoms with van der Waals surface area (Å²) in [6.07, 6.45) is 0. The van der Waals surface area contributed by atoms with E-state index in [0.717, 1.165) is 16.0 Å². The fourth-order valence-electron chi connectivity index (χ4n) is 2.25. The van der Waals surface area contributed by atoms with Crippen molar-refractivity contribution in [2.24, 2.45) is 5.92 Å². The zero-order chi connectivity index (χ0) is 18.7. The SMILES string of the molecule is COc1ccc2nc(NC(=O)c3ccc(NC(=O)C(C)C)cc3)sc2c1. The molecule has 3 rings (SSSR count). The van der Waals surface area contributed by atoms with Crippen LogP contribution in [0.4, 0.5) is 10.8 Å². The lowest BCUT2D eigenvalue weighted by Crippen LogP contribution is -2.18. The van der Waals surface area contributed by atoms with Gasteiger partial charge in [0.2, 0.25) is 5.91 Å². The number of carbonyl (C=O) groups excluding carboxylic acids is 2. The van der Waals surface area contributed by atoms with Crippen LogP contribution in [0.3, 0.4) is 0 Å². The predicted molar refractivity (Wildman–Crippen MR) is 104 cm³/mol. The van der Waals surface area contributed by atoms with Gasteiger partial charge in [0.15, 0.2) is 5.13 Å². The van der Waals surface area contributed by atoms with Crippen LogP contribution in [-0.4, -0.2) is 23.9 Å². The number of nitrogens with one attached hydrogen (secondary N) is 2. The zero-order valence-electron chi connectivity index (χ0n) is 14.7. The third-order valence-corrected chi connectivity index (χ3v) is 4.69. The van der Waals surface area contributed by atoms with Crippen LogP contribution in [0.25, 0.3) is 10.2 Å². The lowest BCUT2D eigenvalue weighted by atomic mass is 10.1. The molecule has 0 aliphatic carbocycles. The number of benzene rings is 2. The van der Waals surface area contributed by atoms with Crippen molar-refractivity contribution in [3.8, 4) is 5.75 Å². The summed E-state index contributed by atoms with van der Waals surface area (Å²) in [5.41, 5.74) is 1.95. The van der Waals surface area contributed by atoms with Crippen molar-refractivity contribution < 1.29 is 14.3 Å². The molecule has 0 aliphatic rings. The van der Waals surface area contributed by atoms with Crippen LogP contribution in [0.15, 0.2) is 42.5 Å². The van der Waals surface area contributed by atoms with Gasteiger partial charge >= 0.3 is 0 Å². The topological polar surface area (TPSA) is 80.3 Å². The first kappa shape index (κ1) is 17.9. The molecule has 6 nitrogen and oxygen atoms in total. The normalized spacial score (nSPS) is 10.8. The molecule has 0 atom stereocenters. The Balaban J connectivity index is 1.70. The maximum Gasteiger partial charge on any atom is 0.257 e. The average Bonchev–Trinajstić information content (AvgIpc) is 3.03. The number of hydrogen-bond acceptors (Lipinski definition) is 5. The number of rotatable bonds is 5. The second-order valence-electron chi connectivity index (χ2n) is 6.03. The number of methoxy groups -OCH3 is 1. The Kier molecular flexibility index (Phi) is 5.18. The Hall–Kier alpha value is -2.93. The van der Waals surface area contributed by atoms with Gasteiger partial charge in [-0.15, -0.1) is 0 Å². The molecule has 0 saturated carbocycles. The molecule has 0 fully saturated rings. The van der Waals surface area contributed by atoms with E-state index >= 15 is 0 Å². The lowest BCUT2D eigenvalue weighted by molar-refractivity contribution is -0.118. The fourth-order valence-corrected chi connectivity index (χ4v) is 3.14. The summed E-state index contributed by atoms with van der Waals surface area (Å²) in [7, 11) is 1.61. The van der Waals surface area contributed by atoms with Gasteiger partial charge in [-0.2, -0.15) is 0 Å². The summed E-state index contributed by atoms with van der Waals surface area (Å²) >= 11 is 1.38. The summed E-state index contributed by atoms with van der Waals surface area (Å²) in [5, 5.41) is 6.12. The Morgan fingerprint density at radius 1 is 1.08 bits per heavy atom. The third kappa shape index (κ3) is 4.00. The van der Waals surface area contributed by atoms with Gasteiger partial charge < -0.3 is 10.1 Å². The quantitative estimate of drug-likeness (QED) is 0.708. The summed E-state index contributed by atoms with van der Waals surface area (Å²) in [4.78, 5) is 28.5. The molecule has 0 saturated heterocycles. The Bertz CT molecular complexity index is 948. The zero-order valence-corrected chi connectivity index (χ0v) is 15.5. The van der Waals surface area contributed by atoms with Crippen molar-refractivity contribution in [1.82, 2.24) is 4.98 Å². The van der Waals surface area contributed by atoms with Crippen molar-refractivity contribution >= 4 is 44.2 Å². The van der Waals surface area contributed by atoms with E-state index in [4.69, 9.17) is 4.74 Å². The summed E-state index contributed by atoms with van der Waals surface area (Å²) in [6.45, 7) is 3.65. The van der Waals surface area contributed by atoms with Crippen LogP contribution in [0.5, 0.6) is 5.75 Å². The van der Waals surface area contributed by atoms with Gasteiger partial charge in [0.05, 0.1) is 17.3 Å². The Morgan fingerprint density at radius 3 is 2.46 bits per heavy atom. The molecule has 2 N–H and O–H groups in total. The fraction of sp³-hybridized carbons (Fsp3) is 0.211. The van der Waals surface area contributed by atoms with Gasteiger partial charge in [0, 0.05) is 17.2 Å². The minimum absolute atomic E-state index is 0.0629. The van der Waals surface area contributed by atoms with Crippen molar-refractivity contribution in [3.63, 3.8) is 0 Å². The van der Waals surface area contributed by atoms with Gasteiger partial charge in [0.1, 0.15) is 5.75 Å². The molecule has 0 radical (unpaired) electrons. The molecule has 0 unspecified atom stereocenters. The Labute approximate surface area is 155 Å². The smallest absolute Gasteiger partial charge is 0.257 e. The molecule has 0 aliphatic heterocycles. The van der Waals surface area contributed by atoms with E-state index in [1.165, 1.54) is 11.3 Å². The summed E-state index contributed by atoms with van der Waals surface area (Å²) in [6, 6.07) is 12.3. The first-order valence-corrected chi connectivity index (χ1v) is 8.95. The highest BCUT2D eigenvalue weighted by Crippen LogP contribution is 2.29. The van der Waals surface area contributed by atoms with Crippen LogP contribution in [0.2, 0.25) is 0 Å². The standard InChI is InChI=1S/C19H19N3O3S/c1-11(2)17(23)20-13-6-4-12(5-7-13)18(24)22-19-21-15-9-8-14(25-3)10-16(15)26-19/h4-11H,1-3H3,(H,20,23)(H,21,22,24). The number of amides is 2. The highest BCUT2D eigenvalue weighted by atomic mass is 32.1. The lowest BCUT2D eigenvalue weighted by Gasteiger charge is -2.08. The second kappa shape index (κ2) is 7.53. The van der Waals surface area contributed by atoms with Crippen LogP contribution < -0.4 is 15.4 Å². The van der Waals surface area contributed by atoms with E-state index in [0.29, 0.717) is 16.4 Å². The average molecular weight is 369 g/mol. The second-order valence-corrected chi connectivity index (χ2v) is 7.06. The first-order valence-electron chi connectivity index (χ1n) is 8.13. The minimum Gasteiger partial charge on any atom is -0.497 e. The number of nitrogens with zero attached hydrogens (tertiary/aromatic N) is 1. The van der Waals surface area contributed by atoms with E-state index in [9.17, 15) is 9.59 Å². The molecule has 3 aromatic rings. The third-order valence-electron chi connectivity index (χ3n) is 3.76. The number of hydrogen-bond donors (Lipinski definition) is 2. The molecule has 134 valence electrons. The molecular formula is C19H19N3O3S. The molecule has 26 heavy (non-hydrogen) atoms. The van der Waals surface area contributed by atoms with Gasteiger partial charge in [-0.25, -0.2) is 4.98 Å².